The van der Waals surface area contributed by atoms with Gasteiger partial charge < -0.3 is 10.4 Å². The molecule has 1 aromatic heterocycles. The number of carboxylic acid groups (broad SMARTS) is 1. The average Bonchev–Trinajstić information content (AvgIpc) is 2.39. The van der Waals surface area contributed by atoms with E-state index in [9.17, 15) is 13.6 Å². The highest BCUT2D eigenvalue weighted by Gasteiger charge is 2.10. The van der Waals surface area contributed by atoms with Crippen molar-refractivity contribution in [3.05, 3.63) is 58.2 Å². The first kappa shape index (κ1) is 15.2. The van der Waals surface area contributed by atoms with Gasteiger partial charge in [0.05, 0.1) is 10.6 Å². The summed E-state index contributed by atoms with van der Waals surface area (Å²) in [6.45, 7) is 0.344. The second kappa shape index (κ2) is 6.49. The van der Waals surface area contributed by atoms with Gasteiger partial charge in [-0.15, -0.1) is 0 Å². The molecule has 0 saturated carbocycles. The quantitative estimate of drug-likeness (QED) is 0.888. The third kappa shape index (κ3) is 4.13. The van der Waals surface area contributed by atoms with Crippen LogP contribution in [0.3, 0.4) is 0 Å². The van der Waals surface area contributed by atoms with Gasteiger partial charge in [0.15, 0.2) is 0 Å². The summed E-state index contributed by atoms with van der Waals surface area (Å²) in [4.78, 5) is 14.9. The summed E-state index contributed by atoms with van der Waals surface area (Å²) in [5.74, 6) is -2.10. The summed E-state index contributed by atoms with van der Waals surface area (Å²) in [6.07, 6.45) is 1.59. The van der Waals surface area contributed by atoms with Gasteiger partial charge >= 0.3 is 5.97 Å². The van der Waals surface area contributed by atoms with E-state index in [-0.39, 0.29) is 10.6 Å². The lowest BCUT2D eigenvalue weighted by atomic mass is 10.1. The van der Waals surface area contributed by atoms with Gasteiger partial charge in [0.25, 0.3) is 0 Å². The molecule has 0 fully saturated rings. The standard InChI is InChI=1S/C14H11ClF2N2O2/c15-12-7-19-13(6-11(12)14(20)21)18-2-1-8-3-9(16)5-10(17)4-8/h3-7H,1-2H2,(H,18,19)(H,20,21). The number of hydrogen-bond acceptors (Lipinski definition) is 3. The van der Waals surface area contributed by atoms with Crippen molar-refractivity contribution in [2.75, 3.05) is 11.9 Å². The fourth-order valence-corrected chi connectivity index (χ4v) is 1.97. The van der Waals surface area contributed by atoms with Gasteiger partial charge in [-0.25, -0.2) is 18.6 Å². The van der Waals surface area contributed by atoms with Crippen molar-refractivity contribution in [1.82, 2.24) is 4.98 Å². The van der Waals surface area contributed by atoms with Crippen molar-refractivity contribution >= 4 is 23.4 Å². The van der Waals surface area contributed by atoms with Crippen LogP contribution in [0.15, 0.2) is 30.5 Å². The molecule has 0 aliphatic carbocycles. The number of aromatic nitrogens is 1. The average molecular weight is 313 g/mol. The van der Waals surface area contributed by atoms with Gasteiger partial charge in [-0.05, 0) is 30.2 Å². The van der Waals surface area contributed by atoms with Gasteiger partial charge in [-0.2, -0.15) is 0 Å². The Morgan fingerprint density at radius 3 is 2.52 bits per heavy atom. The Hall–Kier alpha value is -2.21. The number of aromatic carboxylic acids is 1. The van der Waals surface area contributed by atoms with E-state index in [0.29, 0.717) is 24.3 Å². The fraction of sp³-hybridized carbons (Fsp3) is 0.143. The molecule has 2 aromatic rings. The molecule has 2 rings (SSSR count). The molecular weight excluding hydrogens is 302 g/mol. The van der Waals surface area contributed by atoms with Gasteiger partial charge in [0.1, 0.15) is 17.5 Å². The summed E-state index contributed by atoms with van der Waals surface area (Å²) in [7, 11) is 0. The first-order valence-corrected chi connectivity index (χ1v) is 6.41. The molecule has 0 atom stereocenters. The van der Waals surface area contributed by atoms with Crippen LogP contribution in [0, 0.1) is 11.6 Å². The van der Waals surface area contributed by atoms with Crippen LogP contribution in [-0.2, 0) is 6.42 Å². The summed E-state index contributed by atoms with van der Waals surface area (Å²) < 4.78 is 26.0. The molecule has 0 aliphatic heterocycles. The largest absolute Gasteiger partial charge is 0.478 e. The third-order valence-corrected chi connectivity index (χ3v) is 3.03. The molecule has 2 N–H and O–H groups in total. The van der Waals surface area contributed by atoms with Crippen LogP contribution in [0.25, 0.3) is 0 Å². The minimum absolute atomic E-state index is 0.0419. The van der Waals surface area contributed by atoms with E-state index >= 15 is 0 Å². The number of anilines is 1. The highest BCUT2D eigenvalue weighted by atomic mass is 35.5. The van der Waals surface area contributed by atoms with E-state index in [1.807, 2.05) is 0 Å². The molecular formula is C14H11ClF2N2O2. The Bertz CT molecular complexity index is 660. The Labute approximate surface area is 124 Å². The first-order valence-electron chi connectivity index (χ1n) is 6.03. The normalized spacial score (nSPS) is 10.4. The number of carbonyl (C=O) groups is 1. The number of rotatable bonds is 5. The van der Waals surface area contributed by atoms with Crippen molar-refractivity contribution in [3.63, 3.8) is 0 Å². The summed E-state index contributed by atoms with van der Waals surface area (Å²) in [6, 6.07) is 4.58. The molecule has 110 valence electrons. The summed E-state index contributed by atoms with van der Waals surface area (Å²) >= 11 is 5.70. The summed E-state index contributed by atoms with van der Waals surface area (Å²) in [5, 5.41) is 11.8. The van der Waals surface area contributed by atoms with Gasteiger partial charge in [0.2, 0.25) is 0 Å². The molecule has 0 unspecified atom stereocenters. The van der Waals surface area contributed by atoms with Crippen LogP contribution in [-0.4, -0.2) is 22.6 Å². The van der Waals surface area contributed by atoms with Crippen LogP contribution in [0.1, 0.15) is 15.9 Å². The molecule has 1 heterocycles. The van der Waals surface area contributed by atoms with Crippen molar-refractivity contribution in [2.24, 2.45) is 0 Å². The zero-order chi connectivity index (χ0) is 15.4. The van der Waals surface area contributed by atoms with Crippen molar-refractivity contribution in [1.29, 1.82) is 0 Å². The lowest BCUT2D eigenvalue weighted by molar-refractivity contribution is 0.0697. The van der Waals surface area contributed by atoms with E-state index < -0.39 is 17.6 Å². The second-order valence-electron chi connectivity index (χ2n) is 4.31. The Balaban J connectivity index is 2.00. The van der Waals surface area contributed by atoms with Crippen LogP contribution in [0.4, 0.5) is 14.6 Å². The van der Waals surface area contributed by atoms with Gasteiger partial charge in [0, 0.05) is 18.8 Å². The predicted octanol–water partition coefficient (Wildman–Crippen LogP) is 3.37. The van der Waals surface area contributed by atoms with Crippen LogP contribution in [0.2, 0.25) is 5.02 Å². The topological polar surface area (TPSA) is 62.2 Å². The maximum atomic E-state index is 13.0. The Morgan fingerprint density at radius 1 is 1.24 bits per heavy atom. The molecule has 7 heteroatoms. The van der Waals surface area contributed by atoms with Crippen LogP contribution < -0.4 is 5.32 Å². The number of halogens is 3. The molecule has 1 aromatic carbocycles. The Kier molecular flexibility index (Phi) is 4.70. The monoisotopic (exact) mass is 312 g/mol. The van der Waals surface area contributed by atoms with Crippen LogP contribution in [0.5, 0.6) is 0 Å². The number of benzene rings is 1. The maximum absolute atomic E-state index is 13.0. The molecule has 0 bridgehead atoms. The lowest BCUT2D eigenvalue weighted by Gasteiger charge is -2.07. The van der Waals surface area contributed by atoms with Gasteiger partial charge in [-0.3, -0.25) is 0 Å². The van der Waals surface area contributed by atoms with Crippen molar-refractivity contribution in [2.45, 2.75) is 6.42 Å². The molecule has 0 amide bonds. The molecule has 0 spiro atoms. The first-order chi connectivity index (χ1) is 9.95. The lowest BCUT2D eigenvalue weighted by Crippen LogP contribution is -2.08. The number of nitrogens with one attached hydrogen (secondary N) is 1. The molecule has 4 nitrogen and oxygen atoms in total. The molecule has 0 saturated heterocycles. The number of hydrogen-bond donors (Lipinski definition) is 2. The maximum Gasteiger partial charge on any atom is 0.337 e. The second-order valence-corrected chi connectivity index (χ2v) is 4.72. The van der Waals surface area contributed by atoms with E-state index in [0.717, 1.165) is 6.07 Å². The van der Waals surface area contributed by atoms with Crippen molar-refractivity contribution < 1.29 is 18.7 Å². The highest BCUT2D eigenvalue weighted by molar-refractivity contribution is 6.33. The van der Waals surface area contributed by atoms with Crippen molar-refractivity contribution in [3.8, 4) is 0 Å². The van der Waals surface area contributed by atoms with E-state index in [4.69, 9.17) is 16.7 Å². The zero-order valence-corrected chi connectivity index (χ0v) is 11.5. The summed E-state index contributed by atoms with van der Waals surface area (Å²) in [5.41, 5.74) is 0.429. The third-order valence-electron chi connectivity index (χ3n) is 2.73. The minimum Gasteiger partial charge on any atom is -0.478 e. The zero-order valence-electron chi connectivity index (χ0n) is 10.7. The molecule has 21 heavy (non-hydrogen) atoms. The smallest absolute Gasteiger partial charge is 0.337 e. The van der Waals surface area contributed by atoms with Crippen LogP contribution >= 0.6 is 11.6 Å². The number of carboxylic acids is 1. The highest BCUT2D eigenvalue weighted by Crippen LogP contribution is 2.18. The van der Waals surface area contributed by atoms with E-state index in [1.54, 1.807) is 0 Å². The Morgan fingerprint density at radius 2 is 1.90 bits per heavy atom. The molecule has 0 radical (unpaired) electrons. The SMILES string of the molecule is O=C(O)c1cc(NCCc2cc(F)cc(F)c2)ncc1Cl. The number of pyridine rings is 1. The number of nitrogens with zero attached hydrogens (tertiary/aromatic N) is 1. The minimum atomic E-state index is -1.15. The predicted molar refractivity (Wildman–Crippen MR) is 74.8 cm³/mol. The van der Waals surface area contributed by atoms with E-state index in [2.05, 4.69) is 10.3 Å². The van der Waals surface area contributed by atoms with Gasteiger partial charge in [-0.1, -0.05) is 11.6 Å². The van der Waals surface area contributed by atoms with E-state index in [1.165, 1.54) is 24.4 Å². The fourth-order valence-electron chi connectivity index (χ4n) is 1.79. The molecule has 0 aliphatic rings.